The summed E-state index contributed by atoms with van der Waals surface area (Å²) in [5.74, 6) is 5.83. The summed E-state index contributed by atoms with van der Waals surface area (Å²) in [4.78, 5) is 4.20. The summed E-state index contributed by atoms with van der Waals surface area (Å²) in [6, 6.07) is 11.6. The number of rotatable bonds is 2. The molecule has 3 heteroatoms. The lowest BCUT2D eigenvalue weighted by Crippen LogP contribution is -1.81. The van der Waals surface area contributed by atoms with Crippen molar-refractivity contribution in [2.75, 3.05) is 6.54 Å². The van der Waals surface area contributed by atoms with Crippen molar-refractivity contribution in [2.45, 2.75) is 0 Å². The number of hydrogen-bond acceptors (Lipinski definition) is 2. The standard InChI is InChI=1S/C14H10ClNO/c15-14-9-13(11-17-14)7-4-8-16-10-12-5-2-1-3-6-12/h1-3,5-6,9-11H,8H2/b16-10+. The van der Waals surface area contributed by atoms with Gasteiger partial charge in [0.15, 0.2) is 5.22 Å². The summed E-state index contributed by atoms with van der Waals surface area (Å²) < 4.78 is 4.92. The van der Waals surface area contributed by atoms with Gasteiger partial charge in [0, 0.05) is 12.3 Å². The van der Waals surface area contributed by atoms with Crippen LogP contribution in [0.3, 0.4) is 0 Å². The predicted octanol–water partition coefficient (Wildman–Crippen LogP) is 3.40. The lowest BCUT2D eigenvalue weighted by atomic mass is 10.2. The molecule has 0 bridgehead atoms. The van der Waals surface area contributed by atoms with Crippen molar-refractivity contribution in [1.82, 2.24) is 0 Å². The van der Waals surface area contributed by atoms with Gasteiger partial charge in [-0.2, -0.15) is 0 Å². The number of aliphatic imine (C=N–C) groups is 1. The fourth-order valence-electron chi connectivity index (χ4n) is 1.25. The van der Waals surface area contributed by atoms with Crippen molar-refractivity contribution in [3.8, 4) is 11.8 Å². The first-order valence-electron chi connectivity index (χ1n) is 5.12. The van der Waals surface area contributed by atoms with Gasteiger partial charge in [-0.15, -0.1) is 0 Å². The van der Waals surface area contributed by atoms with Gasteiger partial charge in [-0.1, -0.05) is 42.2 Å². The number of benzene rings is 1. The molecule has 84 valence electrons. The van der Waals surface area contributed by atoms with Crippen molar-refractivity contribution < 1.29 is 4.42 Å². The highest BCUT2D eigenvalue weighted by molar-refractivity contribution is 6.28. The Hall–Kier alpha value is -1.98. The van der Waals surface area contributed by atoms with E-state index in [4.69, 9.17) is 16.0 Å². The maximum atomic E-state index is 5.62. The van der Waals surface area contributed by atoms with Gasteiger partial charge in [0.05, 0.1) is 5.56 Å². The number of nitrogens with zero attached hydrogens (tertiary/aromatic N) is 1. The molecule has 17 heavy (non-hydrogen) atoms. The molecule has 2 aromatic rings. The van der Waals surface area contributed by atoms with Crippen molar-refractivity contribution in [3.63, 3.8) is 0 Å². The van der Waals surface area contributed by atoms with Gasteiger partial charge in [0.25, 0.3) is 0 Å². The van der Waals surface area contributed by atoms with E-state index in [1.807, 2.05) is 30.3 Å². The van der Waals surface area contributed by atoms with Crippen molar-refractivity contribution in [2.24, 2.45) is 4.99 Å². The van der Waals surface area contributed by atoms with Crippen molar-refractivity contribution in [3.05, 3.63) is 59.0 Å². The highest BCUT2D eigenvalue weighted by Gasteiger charge is 1.92. The fourth-order valence-corrected chi connectivity index (χ4v) is 1.42. The van der Waals surface area contributed by atoms with E-state index >= 15 is 0 Å². The average molecular weight is 244 g/mol. The van der Waals surface area contributed by atoms with E-state index in [2.05, 4.69) is 16.8 Å². The Morgan fingerprint density at radius 3 is 2.82 bits per heavy atom. The molecule has 0 aliphatic carbocycles. The monoisotopic (exact) mass is 243 g/mol. The van der Waals surface area contributed by atoms with Crippen LogP contribution in [0.2, 0.25) is 5.22 Å². The number of hydrogen-bond donors (Lipinski definition) is 0. The number of halogens is 1. The molecule has 0 spiro atoms. The van der Waals surface area contributed by atoms with E-state index in [1.54, 1.807) is 12.3 Å². The zero-order valence-electron chi connectivity index (χ0n) is 9.06. The van der Waals surface area contributed by atoms with Gasteiger partial charge in [-0.05, 0) is 17.2 Å². The van der Waals surface area contributed by atoms with Crippen LogP contribution in [0.25, 0.3) is 0 Å². The van der Waals surface area contributed by atoms with Crippen LogP contribution in [0, 0.1) is 11.8 Å². The zero-order chi connectivity index (χ0) is 11.9. The highest BCUT2D eigenvalue weighted by Crippen LogP contribution is 2.11. The van der Waals surface area contributed by atoms with Crippen LogP contribution in [-0.4, -0.2) is 12.8 Å². The molecule has 0 radical (unpaired) electrons. The number of furan rings is 1. The maximum Gasteiger partial charge on any atom is 0.194 e. The van der Waals surface area contributed by atoms with Crippen molar-refractivity contribution >= 4 is 17.8 Å². The Bertz CT molecular complexity index is 561. The van der Waals surface area contributed by atoms with Crippen molar-refractivity contribution in [1.29, 1.82) is 0 Å². The van der Waals surface area contributed by atoms with E-state index in [0.29, 0.717) is 11.8 Å². The normalized spacial score (nSPS) is 10.2. The quantitative estimate of drug-likeness (QED) is 0.586. The molecule has 0 amide bonds. The topological polar surface area (TPSA) is 25.5 Å². The minimum absolute atomic E-state index is 0.349. The molecular weight excluding hydrogens is 234 g/mol. The van der Waals surface area contributed by atoms with Gasteiger partial charge in [0.1, 0.15) is 12.8 Å². The first kappa shape index (κ1) is 11.5. The molecular formula is C14H10ClNO. The van der Waals surface area contributed by atoms with Crippen LogP contribution in [0.5, 0.6) is 0 Å². The van der Waals surface area contributed by atoms with Gasteiger partial charge >= 0.3 is 0 Å². The molecule has 0 saturated heterocycles. The summed E-state index contributed by atoms with van der Waals surface area (Å²) in [5, 5.41) is 0.349. The third-order valence-corrected chi connectivity index (χ3v) is 2.21. The Morgan fingerprint density at radius 2 is 2.12 bits per heavy atom. The highest BCUT2D eigenvalue weighted by atomic mass is 35.5. The Kier molecular flexibility index (Phi) is 4.01. The van der Waals surface area contributed by atoms with Crippen LogP contribution >= 0.6 is 11.6 Å². The molecule has 1 aromatic heterocycles. The summed E-state index contributed by atoms with van der Waals surface area (Å²) in [5.41, 5.74) is 1.84. The van der Waals surface area contributed by atoms with Crippen LogP contribution in [-0.2, 0) is 0 Å². The fraction of sp³-hybridized carbons (Fsp3) is 0.0714. The van der Waals surface area contributed by atoms with E-state index in [-0.39, 0.29) is 0 Å². The predicted molar refractivity (Wildman–Crippen MR) is 69.5 cm³/mol. The smallest absolute Gasteiger partial charge is 0.194 e. The first-order valence-corrected chi connectivity index (χ1v) is 5.50. The Balaban J connectivity index is 1.88. The molecule has 0 saturated carbocycles. The van der Waals surface area contributed by atoms with Crippen LogP contribution in [0.1, 0.15) is 11.1 Å². The molecule has 0 unspecified atom stereocenters. The van der Waals surface area contributed by atoms with Gasteiger partial charge in [0.2, 0.25) is 0 Å². The second-order valence-electron chi connectivity index (χ2n) is 3.32. The average Bonchev–Trinajstić information content (AvgIpc) is 2.76. The van der Waals surface area contributed by atoms with Gasteiger partial charge < -0.3 is 4.42 Å². The molecule has 0 aliphatic rings. The third kappa shape index (κ3) is 3.82. The molecule has 0 N–H and O–H groups in total. The summed E-state index contributed by atoms with van der Waals surface area (Å²) >= 11 is 5.62. The lowest BCUT2D eigenvalue weighted by Gasteiger charge is -1.88. The summed E-state index contributed by atoms with van der Waals surface area (Å²) in [6.07, 6.45) is 3.33. The molecule has 1 heterocycles. The molecule has 2 nitrogen and oxygen atoms in total. The van der Waals surface area contributed by atoms with E-state index in [9.17, 15) is 0 Å². The minimum atomic E-state index is 0.349. The largest absolute Gasteiger partial charge is 0.452 e. The summed E-state index contributed by atoms with van der Waals surface area (Å²) in [7, 11) is 0. The molecule has 0 fully saturated rings. The zero-order valence-corrected chi connectivity index (χ0v) is 9.82. The van der Waals surface area contributed by atoms with Gasteiger partial charge in [-0.3, -0.25) is 4.99 Å². The van der Waals surface area contributed by atoms with Crippen LogP contribution < -0.4 is 0 Å². The Morgan fingerprint density at radius 1 is 1.29 bits per heavy atom. The van der Waals surface area contributed by atoms with Gasteiger partial charge in [-0.25, -0.2) is 0 Å². The maximum absolute atomic E-state index is 5.62. The molecule has 2 rings (SSSR count). The van der Waals surface area contributed by atoms with Crippen LogP contribution in [0.15, 0.2) is 52.1 Å². The molecule has 1 aromatic carbocycles. The Labute approximate surface area is 105 Å². The molecule has 0 atom stereocenters. The van der Waals surface area contributed by atoms with Crippen LogP contribution in [0.4, 0.5) is 0 Å². The SMILES string of the molecule is Clc1cc(C#CC/N=C/c2ccccc2)co1. The third-order valence-electron chi connectivity index (χ3n) is 2.01. The minimum Gasteiger partial charge on any atom is -0.452 e. The molecule has 0 aliphatic heterocycles. The van der Waals surface area contributed by atoms with E-state index in [0.717, 1.165) is 11.1 Å². The van der Waals surface area contributed by atoms with E-state index < -0.39 is 0 Å². The second kappa shape index (κ2) is 5.93. The lowest BCUT2D eigenvalue weighted by molar-refractivity contribution is 0.568. The van der Waals surface area contributed by atoms with E-state index in [1.165, 1.54) is 6.26 Å². The summed E-state index contributed by atoms with van der Waals surface area (Å²) in [6.45, 7) is 0.456. The second-order valence-corrected chi connectivity index (χ2v) is 3.69. The first-order chi connectivity index (χ1) is 8.34.